The molecule has 84 valence electrons. The molecule has 0 atom stereocenters. The second kappa shape index (κ2) is 6.44. The summed E-state index contributed by atoms with van der Waals surface area (Å²) < 4.78 is 0. The van der Waals surface area contributed by atoms with Crippen molar-refractivity contribution in [2.75, 3.05) is 0 Å². The molecule has 15 heavy (non-hydrogen) atoms. The standard InChI is InChI=1S/C15H24/c1-11(2)13(5)9-8-10-14(6)15(7)12(3)4/h8-9H,3,10H2,1-2,4-7H3/b9-8+,15-14-. The molecular formula is C15H24. The molecule has 0 heterocycles. The van der Waals surface area contributed by atoms with Crippen LogP contribution in [0.1, 0.15) is 48.0 Å². The Bertz CT molecular complexity index is 318. The van der Waals surface area contributed by atoms with Gasteiger partial charge in [-0.1, -0.05) is 41.0 Å². The van der Waals surface area contributed by atoms with E-state index in [0.29, 0.717) is 0 Å². The van der Waals surface area contributed by atoms with Crippen molar-refractivity contribution >= 4 is 0 Å². The lowest BCUT2D eigenvalue weighted by Crippen LogP contribution is -1.84. The van der Waals surface area contributed by atoms with Crippen LogP contribution in [0.5, 0.6) is 0 Å². The Kier molecular flexibility index (Phi) is 6.00. The average molecular weight is 204 g/mol. The Morgan fingerprint density at radius 3 is 1.93 bits per heavy atom. The third-order valence-electron chi connectivity index (χ3n) is 2.86. The summed E-state index contributed by atoms with van der Waals surface area (Å²) >= 11 is 0. The molecule has 0 unspecified atom stereocenters. The van der Waals surface area contributed by atoms with Gasteiger partial charge in [-0.3, -0.25) is 0 Å². The molecule has 0 N–H and O–H groups in total. The van der Waals surface area contributed by atoms with Crippen molar-refractivity contribution in [2.24, 2.45) is 0 Å². The fourth-order valence-electron chi connectivity index (χ4n) is 1.10. The van der Waals surface area contributed by atoms with Crippen LogP contribution in [-0.2, 0) is 0 Å². The first-order chi connectivity index (χ1) is 6.86. The minimum atomic E-state index is 1.02. The first-order valence-electron chi connectivity index (χ1n) is 5.49. The molecule has 0 aromatic carbocycles. The highest BCUT2D eigenvalue weighted by molar-refractivity contribution is 5.31. The van der Waals surface area contributed by atoms with Crippen LogP contribution >= 0.6 is 0 Å². The van der Waals surface area contributed by atoms with Crippen LogP contribution in [0, 0.1) is 0 Å². The van der Waals surface area contributed by atoms with E-state index in [1.54, 1.807) is 0 Å². The van der Waals surface area contributed by atoms with Gasteiger partial charge in [-0.25, -0.2) is 0 Å². The molecule has 0 aliphatic rings. The molecule has 0 aliphatic heterocycles. The average Bonchev–Trinajstić information content (AvgIpc) is 2.15. The van der Waals surface area contributed by atoms with E-state index in [1.165, 1.54) is 27.9 Å². The van der Waals surface area contributed by atoms with Gasteiger partial charge in [0, 0.05) is 0 Å². The van der Waals surface area contributed by atoms with E-state index in [-0.39, 0.29) is 0 Å². The summed E-state index contributed by atoms with van der Waals surface area (Å²) in [6, 6.07) is 0. The zero-order valence-electron chi connectivity index (χ0n) is 11.1. The third kappa shape index (κ3) is 5.41. The normalized spacial score (nSPS) is 12.7. The zero-order chi connectivity index (χ0) is 12.0. The summed E-state index contributed by atoms with van der Waals surface area (Å²) in [5.74, 6) is 0. The van der Waals surface area contributed by atoms with Gasteiger partial charge >= 0.3 is 0 Å². The largest absolute Gasteiger partial charge is 0.0959 e. The van der Waals surface area contributed by atoms with Crippen LogP contribution in [0.4, 0.5) is 0 Å². The highest BCUT2D eigenvalue weighted by atomic mass is 14.0. The molecule has 0 heteroatoms. The lowest BCUT2D eigenvalue weighted by atomic mass is 10.0. The first kappa shape index (κ1) is 14.0. The summed E-state index contributed by atoms with van der Waals surface area (Å²) in [5, 5.41) is 0. The van der Waals surface area contributed by atoms with E-state index < -0.39 is 0 Å². The van der Waals surface area contributed by atoms with Crippen molar-refractivity contribution < 1.29 is 0 Å². The van der Waals surface area contributed by atoms with Gasteiger partial charge in [0.05, 0.1) is 0 Å². The van der Waals surface area contributed by atoms with E-state index in [9.17, 15) is 0 Å². The van der Waals surface area contributed by atoms with Gasteiger partial charge in [-0.05, 0) is 53.5 Å². The van der Waals surface area contributed by atoms with Crippen LogP contribution in [0.2, 0.25) is 0 Å². The SMILES string of the molecule is C=C(C)/C(C)=C(/C)C/C=C/C(C)=C(C)C. The van der Waals surface area contributed by atoms with Gasteiger partial charge in [0.1, 0.15) is 0 Å². The molecule has 0 fully saturated rings. The Morgan fingerprint density at radius 1 is 1.00 bits per heavy atom. The summed E-state index contributed by atoms with van der Waals surface area (Å²) in [7, 11) is 0. The van der Waals surface area contributed by atoms with E-state index in [0.717, 1.165) is 6.42 Å². The fourth-order valence-corrected chi connectivity index (χ4v) is 1.10. The Labute approximate surface area is 95.1 Å². The number of allylic oxidation sites excluding steroid dienone is 7. The maximum atomic E-state index is 3.96. The smallest absolute Gasteiger partial charge is 0.0133 e. The van der Waals surface area contributed by atoms with Crippen molar-refractivity contribution in [1.82, 2.24) is 0 Å². The van der Waals surface area contributed by atoms with E-state index in [2.05, 4.69) is 60.3 Å². The van der Waals surface area contributed by atoms with E-state index >= 15 is 0 Å². The number of rotatable bonds is 4. The molecular weight excluding hydrogens is 180 g/mol. The highest BCUT2D eigenvalue weighted by Crippen LogP contribution is 2.15. The van der Waals surface area contributed by atoms with Crippen molar-refractivity contribution in [3.05, 3.63) is 46.6 Å². The van der Waals surface area contributed by atoms with Gasteiger partial charge in [0.25, 0.3) is 0 Å². The molecule has 0 amide bonds. The van der Waals surface area contributed by atoms with Crippen molar-refractivity contribution in [3.63, 3.8) is 0 Å². The van der Waals surface area contributed by atoms with Crippen LogP contribution < -0.4 is 0 Å². The van der Waals surface area contributed by atoms with Gasteiger partial charge in [-0.2, -0.15) is 0 Å². The van der Waals surface area contributed by atoms with Crippen molar-refractivity contribution in [1.29, 1.82) is 0 Å². The lowest BCUT2D eigenvalue weighted by molar-refractivity contribution is 1.13. The van der Waals surface area contributed by atoms with Gasteiger partial charge in [0.2, 0.25) is 0 Å². The Balaban J connectivity index is 4.48. The quantitative estimate of drug-likeness (QED) is 0.552. The zero-order valence-corrected chi connectivity index (χ0v) is 11.1. The first-order valence-corrected chi connectivity index (χ1v) is 5.49. The molecule has 0 aliphatic carbocycles. The second-order valence-electron chi connectivity index (χ2n) is 4.48. The van der Waals surface area contributed by atoms with Crippen molar-refractivity contribution in [2.45, 2.75) is 48.0 Å². The lowest BCUT2D eigenvalue weighted by Gasteiger charge is -2.04. The summed E-state index contributed by atoms with van der Waals surface area (Å²) in [6.45, 7) is 16.8. The molecule has 0 spiro atoms. The monoisotopic (exact) mass is 204 g/mol. The highest BCUT2D eigenvalue weighted by Gasteiger charge is 1.95. The van der Waals surface area contributed by atoms with Crippen LogP contribution in [0.15, 0.2) is 46.6 Å². The van der Waals surface area contributed by atoms with E-state index in [4.69, 9.17) is 0 Å². The van der Waals surface area contributed by atoms with E-state index in [1.807, 2.05) is 0 Å². The second-order valence-corrected chi connectivity index (χ2v) is 4.48. The van der Waals surface area contributed by atoms with Gasteiger partial charge in [-0.15, -0.1) is 0 Å². The van der Waals surface area contributed by atoms with Crippen LogP contribution in [0.3, 0.4) is 0 Å². The summed E-state index contributed by atoms with van der Waals surface area (Å²) in [4.78, 5) is 0. The molecule has 0 aromatic heterocycles. The maximum absolute atomic E-state index is 3.96. The van der Waals surface area contributed by atoms with Crippen molar-refractivity contribution in [3.8, 4) is 0 Å². The number of hydrogen-bond acceptors (Lipinski definition) is 0. The molecule has 0 saturated carbocycles. The fraction of sp³-hybridized carbons (Fsp3) is 0.467. The summed E-state index contributed by atoms with van der Waals surface area (Å²) in [6.07, 6.45) is 5.44. The van der Waals surface area contributed by atoms with Gasteiger partial charge < -0.3 is 0 Å². The molecule has 0 rings (SSSR count). The molecule has 0 nitrogen and oxygen atoms in total. The third-order valence-corrected chi connectivity index (χ3v) is 2.86. The van der Waals surface area contributed by atoms with Crippen LogP contribution in [0.25, 0.3) is 0 Å². The summed E-state index contributed by atoms with van der Waals surface area (Å²) in [5.41, 5.74) is 6.63. The predicted molar refractivity (Wildman–Crippen MR) is 71.0 cm³/mol. The predicted octanol–water partition coefficient (Wildman–Crippen LogP) is 5.20. The maximum Gasteiger partial charge on any atom is -0.0133 e. The minimum Gasteiger partial charge on any atom is -0.0959 e. The van der Waals surface area contributed by atoms with Crippen LogP contribution in [-0.4, -0.2) is 0 Å². The Morgan fingerprint density at radius 2 is 1.53 bits per heavy atom. The minimum absolute atomic E-state index is 1.02. The molecule has 0 radical (unpaired) electrons. The Hall–Kier alpha value is -1.04. The number of hydrogen-bond donors (Lipinski definition) is 0. The molecule has 0 aromatic rings. The van der Waals surface area contributed by atoms with Gasteiger partial charge in [0.15, 0.2) is 0 Å². The molecule has 0 bridgehead atoms. The topological polar surface area (TPSA) is 0 Å². The molecule has 0 saturated heterocycles.